The van der Waals surface area contributed by atoms with E-state index in [2.05, 4.69) is 11.9 Å². The number of carbonyl (C=O) groups excluding carboxylic acids is 5. The van der Waals surface area contributed by atoms with Crippen LogP contribution in [0.4, 0.5) is 10.5 Å². The van der Waals surface area contributed by atoms with Crippen molar-refractivity contribution in [1.82, 2.24) is 4.90 Å². The van der Waals surface area contributed by atoms with E-state index in [1.807, 2.05) is 0 Å². The number of methoxy groups -OCH3 is 1. The molecule has 2 rings (SSSR count). The normalized spacial score (nSPS) is 17.3. The van der Waals surface area contributed by atoms with Crippen molar-refractivity contribution in [3.63, 3.8) is 0 Å². The fourth-order valence-electron chi connectivity index (χ4n) is 3.39. The summed E-state index contributed by atoms with van der Waals surface area (Å²) in [6.45, 7) is 10.1. The number of nitrogens with one attached hydrogen (secondary N) is 1. The highest BCUT2D eigenvalue weighted by atomic mass is 32.2. The molecule has 1 fully saturated rings. The van der Waals surface area contributed by atoms with Gasteiger partial charge in [-0.05, 0) is 45.4 Å². The maximum Gasteiger partial charge on any atom is 0.411 e. The summed E-state index contributed by atoms with van der Waals surface area (Å²) in [4.78, 5) is 63.4. The molecule has 0 unspecified atom stereocenters. The lowest BCUT2D eigenvalue weighted by Crippen LogP contribution is -2.45. The number of anilines is 1. The molecule has 0 aromatic heterocycles. The van der Waals surface area contributed by atoms with E-state index >= 15 is 0 Å². The maximum atomic E-state index is 13.2. The molecule has 10 nitrogen and oxygen atoms in total. The second kappa shape index (κ2) is 11.9. The lowest BCUT2D eigenvalue weighted by molar-refractivity contribution is -0.120. The van der Waals surface area contributed by atoms with Crippen molar-refractivity contribution in [3.05, 3.63) is 42.0 Å². The number of esters is 2. The van der Waals surface area contributed by atoms with Gasteiger partial charge in [-0.15, -0.1) is 0 Å². The number of carbonyl (C=O) groups is 5. The first-order valence-corrected chi connectivity index (χ1v) is 11.7. The van der Waals surface area contributed by atoms with Gasteiger partial charge < -0.3 is 19.5 Å². The molecule has 1 heterocycles. The van der Waals surface area contributed by atoms with Crippen LogP contribution in [-0.4, -0.2) is 71.1 Å². The second-order valence-corrected chi connectivity index (χ2v) is 10.3. The molecule has 190 valence electrons. The first-order chi connectivity index (χ1) is 16.3. The first kappa shape index (κ1) is 27.9. The van der Waals surface area contributed by atoms with Gasteiger partial charge in [-0.3, -0.25) is 14.5 Å². The molecule has 0 spiro atoms. The van der Waals surface area contributed by atoms with Crippen molar-refractivity contribution in [1.29, 1.82) is 0 Å². The van der Waals surface area contributed by atoms with E-state index in [1.165, 1.54) is 43.2 Å². The van der Waals surface area contributed by atoms with E-state index < -0.39 is 35.6 Å². The largest absolute Gasteiger partial charge is 0.465 e. The van der Waals surface area contributed by atoms with E-state index in [-0.39, 0.29) is 46.8 Å². The SMILES string of the molecule is C=CCOC(=O)c1cc(NC(=O)[C@@H]2C[C@@H](SC(C)=O)CN2C(=O)OC(C)(C)C)cc(C(=O)OC)c1. The quantitative estimate of drug-likeness (QED) is 0.336. The summed E-state index contributed by atoms with van der Waals surface area (Å²) < 4.78 is 15.2. The molecule has 1 aromatic carbocycles. The van der Waals surface area contributed by atoms with E-state index in [0.717, 1.165) is 11.8 Å². The molecule has 0 saturated carbocycles. The standard InChI is InChI=1S/C24H30N2O8S/c1-7-8-33-22(30)16-9-15(21(29)32-6)10-17(11-16)25-20(28)19-12-18(35-14(2)27)13-26(19)23(31)34-24(3,4)5/h7,9-11,18-19H,1,8,12-13H2,2-6H3,(H,25,28)/t18-,19+/m1/s1. The lowest BCUT2D eigenvalue weighted by Gasteiger charge is -2.28. The number of likely N-dealkylation sites (tertiary alicyclic amines) is 1. The van der Waals surface area contributed by atoms with E-state index in [0.29, 0.717) is 0 Å². The smallest absolute Gasteiger partial charge is 0.411 e. The second-order valence-electron chi connectivity index (χ2n) is 8.78. The van der Waals surface area contributed by atoms with Crippen LogP contribution in [0.2, 0.25) is 0 Å². The van der Waals surface area contributed by atoms with E-state index in [1.54, 1.807) is 20.8 Å². The molecule has 1 aliphatic rings. The molecule has 1 saturated heterocycles. The Labute approximate surface area is 208 Å². The van der Waals surface area contributed by atoms with Gasteiger partial charge in [0, 0.05) is 24.4 Å². The average molecular weight is 507 g/mol. The van der Waals surface area contributed by atoms with Crippen LogP contribution in [0.5, 0.6) is 0 Å². The monoisotopic (exact) mass is 506 g/mol. The summed E-state index contributed by atoms with van der Waals surface area (Å²) in [5.74, 6) is -2.00. The summed E-state index contributed by atoms with van der Waals surface area (Å²) in [5, 5.41) is 2.24. The van der Waals surface area contributed by atoms with Gasteiger partial charge in [-0.1, -0.05) is 24.4 Å². The van der Waals surface area contributed by atoms with Crippen LogP contribution >= 0.6 is 11.8 Å². The Morgan fingerprint density at radius 1 is 1.14 bits per heavy atom. The van der Waals surface area contributed by atoms with Gasteiger partial charge in [-0.25, -0.2) is 14.4 Å². The third-order valence-corrected chi connectivity index (χ3v) is 5.72. The Hall–Kier alpha value is -3.34. The highest BCUT2D eigenvalue weighted by molar-refractivity contribution is 8.14. The predicted molar refractivity (Wildman–Crippen MR) is 130 cm³/mol. The van der Waals surface area contributed by atoms with Gasteiger partial charge in [0.05, 0.1) is 18.2 Å². The average Bonchev–Trinajstić information content (AvgIpc) is 3.19. The van der Waals surface area contributed by atoms with Crippen molar-refractivity contribution in [2.24, 2.45) is 0 Å². The molecule has 2 atom stereocenters. The van der Waals surface area contributed by atoms with Crippen LogP contribution in [-0.2, 0) is 23.8 Å². The summed E-state index contributed by atoms with van der Waals surface area (Å²) in [6.07, 6.45) is 0.938. The number of thioether (sulfide) groups is 1. The molecule has 35 heavy (non-hydrogen) atoms. The lowest BCUT2D eigenvalue weighted by atomic mass is 10.1. The van der Waals surface area contributed by atoms with Gasteiger partial charge >= 0.3 is 18.0 Å². The number of amides is 2. The minimum absolute atomic E-state index is 0.0190. The molecule has 1 aliphatic heterocycles. The Morgan fingerprint density at radius 2 is 1.77 bits per heavy atom. The minimum Gasteiger partial charge on any atom is -0.465 e. The summed E-state index contributed by atoms with van der Waals surface area (Å²) in [5.41, 5.74) is -0.601. The van der Waals surface area contributed by atoms with E-state index in [4.69, 9.17) is 14.2 Å². The van der Waals surface area contributed by atoms with Crippen LogP contribution in [0.15, 0.2) is 30.9 Å². The summed E-state index contributed by atoms with van der Waals surface area (Å²) in [6, 6.07) is 3.06. The molecular weight excluding hydrogens is 476 g/mol. The van der Waals surface area contributed by atoms with Gasteiger partial charge in [0.1, 0.15) is 18.2 Å². The van der Waals surface area contributed by atoms with Crippen LogP contribution < -0.4 is 5.32 Å². The zero-order valence-corrected chi connectivity index (χ0v) is 21.2. The Balaban J connectivity index is 2.33. The number of rotatable bonds is 7. The highest BCUT2D eigenvalue weighted by Gasteiger charge is 2.42. The van der Waals surface area contributed by atoms with Crippen molar-refractivity contribution in [3.8, 4) is 0 Å². The Morgan fingerprint density at radius 3 is 2.31 bits per heavy atom. The third kappa shape index (κ3) is 8.13. The summed E-state index contributed by atoms with van der Waals surface area (Å²) >= 11 is 1.05. The molecule has 11 heteroatoms. The van der Waals surface area contributed by atoms with Crippen LogP contribution in [0.25, 0.3) is 0 Å². The van der Waals surface area contributed by atoms with Crippen LogP contribution in [0.3, 0.4) is 0 Å². The zero-order valence-electron chi connectivity index (χ0n) is 20.4. The zero-order chi connectivity index (χ0) is 26.3. The number of benzene rings is 1. The van der Waals surface area contributed by atoms with Crippen molar-refractivity contribution in [2.75, 3.05) is 25.6 Å². The van der Waals surface area contributed by atoms with Crippen molar-refractivity contribution >= 4 is 46.5 Å². The molecule has 0 bridgehead atoms. The van der Waals surface area contributed by atoms with E-state index in [9.17, 15) is 24.0 Å². The third-order valence-electron chi connectivity index (χ3n) is 4.72. The fraction of sp³-hybridized carbons (Fsp3) is 0.458. The number of hydrogen-bond acceptors (Lipinski definition) is 9. The number of ether oxygens (including phenoxy) is 3. The molecule has 1 aromatic rings. The van der Waals surface area contributed by atoms with Gasteiger partial charge in [0.15, 0.2) is 5.12 Å². The van der Waals surface area contributed by atoms with Gasteiger partial charge in [0.25, 0.3) is 0 Å². The van der Waals surface area contributed by atoms with Crippen molar-refractivity contribution in [2.45, 2.75) is 51.0 Å². The van der Waals surface area contributed by atoms with Gasteiger partial charge in [0.2, 0.25) is 5.91 Å². The van der Waals surface area contributed by atoms with Crippen LogP contribution in [0.1, 0.15) is 54.8 Å². The first-order valence-electron chi connectivity index (χ1n) is 10.8. The Bertz CT molecular complexity index is 1020. The molecule has 0 radical (unpaired) electrons. The highest BCUT2D eigenvalue weighted by Crippen LogP contribution is 2.30. The molecule has 2 amide bonds. The minimum atomic E-state index is -0.931. The molecule has 0 aliphatic carbocycles. The molecule has 1 N–H and O–H groups in total. The van der Waals surface area contributed by atoms with Crippen LogP contribution in [0, 0.1) is 0 Å². The Kier molecular flexibility index (Phi) is 9.47. The fourth-order valence-corrected chi connectivity index (χ4v) is 4.37. The maximum absolute atomic E-state index is 13.2. The molecular formula is C24H30N2O8S. The topological polar surface area (TPSA) is 128 Å². The summed E-state index contributed by atoms with van der Waals surface area (Å²) in [7, 11) is 1.19. The van der Waals surface area contributed by atoms with Gasteiger partial charge in [-0.2, -0.15) is 0 Å². The number of hydrogen-bond donors (Lipinski definition) is 1. The van der Waals surface area contributed by atoms with Crippen molar-refractivity contribution < 1.29 is 38.2 Å². The number of nitrogens with zero attached hydrogens (tertiary/aromatic N) is 1. The predicted octanol–water partition coefficient (Wildman–Crippen LogP) is 3.41.